The van der Waals surface area contributed by atoms with Gasteiger partial charge in [0.15, 0.2) is 11.5 Å². The molecule has 29 heavy (non-hydrogen) atoms. The molecule has 0 unspecified atom stereocenters. The molecule has 6 heteroatoms. The highest BCUT2D eigenvalue weighted by Gasteiger charge is 2.13. The molecule has 146 valence electrons. The summed E-state index contributed by atoms with van der Waals surface area (Å²) >= 11 is 1.58. The van der Waals surface area contributed by atoms with Gasteiger partial charge in [0.1, 0.15) is 0 Å². The van der Waals surface area contributed by atoms with E-state index >= 15 is 0 Å². The predicted octanol–water partition coefficient (Wildman–Crippen LogP) is 5.12. The number of rotatable bonds is 7. The van der Waals surface area contributed by atoms with E-state index in [1.54, 1.807) is 62.4 Å². The van der Waals surface area contributed by atoms with Gasteiger partial charge in [-0.25, -0.2) is 0 Å². The molecular formula is C23H20N2O3S. The molecule has 0 aromatic heterocycles. The SMILES string of the molecule is COc1ccc(NC(=O)c2ccccc2SCc2ccc(C#N)cc2)cc1OC. The van der Waals surface area contributed by atoms with E-state index in [1.165, 1.54) is 0 Å². The number of carbonyl (C=O) groups is 1. The van der Waals surface area contributed by atoms with Crippen molar-refractivity contribution >= 4 is 23.4 Å². The average Bonchev–Trinajstić information content (AvgIpc) is 2.78. The minimum Gasteiger partial charge on any atom is -0.493 e. The van der Waals surface area contributed by atoms with Crippen molar-refractivity contribution in [3.8, 4) is 17.6 Å². The van der Waals surface area contributed by atoms with Gasteiger partial charge in [0.25, 0.3) is 5.91 Å². The standard InChI is InChI=1S/C23H20N2O3S/c1-27-20-12-11-18(13-21(20)28-2)25-23(26)19-5-3-4-6-22(19)29-15-17-9-7-16(14-24)8-10-17/h3-13H,15H2,1-2H3,(H,25,26). The first-order valence-corrected chi connectivity index (χ1v) is 9.87. The fourth-order valence-corrected chi connectivity index (χ4v) is 3.73. The van der Waals surface area contributed by atoms with Crippen molar-refractivity contribution in [1.82, 2.24) is 0 Å². The summed E-state index contributed by atoms with van der Waals surface area (Å²) < 4.78 is 10.5. The summed E-state index contributed by atoms with van der Waals surface area (Å²) in [6.07, 6.45) is 0. The Kier molecular flexibility index (Phi) is 6.77. The van der Waals surface area contributed by atoms with Crippen molar-refractivity contribution < 1.29 is 14.3 Å². The van der Waals surface area contributed by atoms with E-state index in [0.29, 0.717) is 34.1 Å². The number of ether oxygens (including phenoxy) is 2. The van der Waals surface area contributed by atoms with Gasteiger partial charge in [-0.15, -0.1) is 11.8 Å². The van der Waals surface area contributed by atoms with Crippen LogP contribution in [0.1, 0.15) is 21.5 Å². The zero-order valence-electron chi connectivity index (χ0n) is 16.1. The number of thioether (sulfide) groups is 1. The Balaban J connectivity index is 1.73. The highest BCUT2D eigenvalue weighted by atomic mass is 32.2. The van der Waals surface area contributed by atoms with Crippen LogP contribution in [0.3, 0.4) is 0 Å². The molecule has 0 atom stereocenters. The molecule has 0 saturated carbocycles. The van der Waals surface area contributed by atoms with Gasteiger partial charge in [-0.2, -0.15) is 5.26 Å². The van der Waals surface area contributed by atoms with Crippen LogP contribution in [0, 0.1) is 11.3 Å². The fourth-order valence-electron chi connectivity index (χ4n) is 2.73. The summed E-state index contributed by atoms with van der Waals surface area (Å²) in [6.45, 7) is 0. The number of amides is 1. The molecule has 0 heterocycles. The quantitative estimate of drug-likeness (QED) is 0.554. The number of nitrogens with one attached hydrogen (secondary N) is 1. The molecule has 5 nitrogen and oxygen atoms in total. The Hall–Kier alpha value is -3.43. The topological polar surface area (TPSA) is 71.3 Å². The third-order valence-electron chi connectivity index (χ3n) is 4.25. The molecule has 0 fully saturated rings. The van der Waals surface area contributed by atoms with Crippen molar-refractivity contribution in [1.29, 1.82) is 5.26 Å². The van der Waals surface area contributed by atoms with Crippen LogP contribution in [0.5, 0.6) is 11.5 Å². The molecule has 0 saturated heterocycles. The first kappa shape index (κ1) is 20.3. The molecule has 0 bridgehead atoms. The molecule has 1 amide bonds. The molecule has 3 aromatic rings. The number of hydrogen-bond acceptors (Lipinski definition) is 5. The smallest absolute Gasteiger partial charge is 0.256 e. The van der Waals surface area contributed by atoms with Crippen molar-refractivity contribution in [3.63, 3.8) is 0 Å². The van der Waals surface area contributed by atoms with Crippen LogP contribution >= 0.6 is 11.8 Å². The number of anilines is 1. The van der Waals surface area contributed by atoms with Gasteiger partial charge in [-0.1, -0.05) is 24.3 Å². The van der Waals surface area contributed by atoms with E-state index in [-0.39, 0.29) is 5.91 Å². The molecule has 0 aliphatic heterocycles. The summed E-state index contributed by atoms with van der Waals surface area (Å²) in [5.74, 6) is 1.66. The first-order valence-electron chi connectivity index (χ1n) is 8.89. The maximum atomic E-state index is 12.9. The Morgan fingerprint density at radius 2 is 1.72 bits per heavy atom. The van der Waals surface area contributed by atoms with Crippen LogP contribution in [0.15, 0.2) is 71.6 Å². The zero-order valence-corrected chi connectivity index (χ0v) is 17.0. The second-order valence-electron chi connectivity index (χ2n) is 6.12. The van der Waals surface area contributed by atoms with E-state index in [4.69, 9.17) is 14.7 Å². The number of nitrogens with zero attached hydrogens (tertiary/aromatic N) is 1. The average molecular weight is 404 g/mol. The number of hydrogen-bond donors (Lipinski definition) is 1. The van der Waals surface area contributed by atoms with E-state index in [1.807, 2.05) is 30.3 Å². The monoisotopic (exact) mass is 404 g/mol. The van der Waals surface area contributed by atoms with Crippen LogP contribution in [-0.2, 0) is 5.75 Å². The summed E-state index contributed by atoms with van der Waals surface area (Å²) in [6, 6.07) is 22.3. The Morgan fingerprint density at radius 3 is 2.41 bits per heavy atom. The molecule has 3 rings (SSSR count). The Labute approximate surface area is 174 Å². The van der Waals surface area contributed by atoms with Gasteiger partial charge < -0.3 is 14.8 Å². The number of carbonyl (C=O) groups excluding carboxylic acids is 1. The maximum absolute atomic E-state index is 12.9. The third-order valence-corrected chi connectivity index (χ3v) is 5.40. The minimum atomic E-state index is -0.194. The second kappa shape index (κ2) is 9.67. The first-order chi connectivity index (χ1) is 14.1. The van der Waals surface area contributed by atoms with Crippen molar-refractivity contribution in [2.24, 2.45) is 0 Å². The summed E-state index contributed by atoms with van der Waals surface area (Å²) in [5.41, 5.74) is 2.94. The van der Waals surface area contributed by atoms with Crippen LogP contribution in [-0.4, -0.2) is 20.1 Å². The molecule has 0 radical (unpaired) electrons. The normalized spacial score (nSPS) is 10.1. The molecular weight excluding hydrogens is 384 g/mol. The van der Waals surface area contributed by atoms with Gasteiger partial charge in [-0.05, 0) is 42.0 Å². The summed E-state index contributed by atoms with van der Waals surface area (Å²) in [4.78, 5) is 13.7. The summed E-state index contributed by atoms with van der Waals surface area (Å²) in [7, 11) is 3.12. The second-order valence-corrected chi connectivity index (χ2v) is 7.13. The lowest BCUT2D eigenvalue weighted by atomic mass is 10.2. The summed E-state index contributed by atoms with van der Waals surface area (Å²) in [5, 5.41) is 11.8. The van der Waals surface area contributed by atoms with Crippen LogP contribution < -0.4 is 14.8 Å². The fraction of sp³-hybridized carbons (Fsp3) is 0.130. The van der Waals surface area contributed by atoms with Gasteiger partial charge in [0.2, 0.25) is 0 Å². The van der Waals surface area contributed by atoms with Gasteiger partial charge >= 0.3 is 0 Å². The third kappa shape index (κ3) is 5.09. The number of benzene rings is 3. The van der Waals surface area contributed by atoms with Crippen LogP contribution in [0.2, 0.25) is 0 Å². The molecule has 1 N–H and O–H groups in total. The molecule has 0 aliphatic rings. The lowest BCUT2D eigenvalue weighted by Crippen LogP contribution is -2.13. The Bertz CT molecular complexity index is 1040. The van der Waals surface area contributed by atoms with Crippen molar-refractivity contribution in [3.05, 3.63) is 83.4 Å². The van der Waals surface area contributed by atoms with E-state index in [2.05, 4.69) is 11.4 Å². The van der Waals surface area contributed by atoms with Crippen molar-refractivity contribution in [2.45, 2.75) is 10.6 Å². The Morgan fingerprint density at radius 1 is 1.00 bits per heavy atom. The van der Waals surface area contributed by atoms with E-state index < -0.39 is 0 Å². The van der Waals surface area contributed by atoms with Gasteiger partial charge in [0.05, 0.1) is 31.4 Å². The largest absolute Gasteiger partial charge is 0.493 e. The van der Waals surface area contributed by atoms with Crippen molar-refractivity contribution in [2.75, 3.05) is 19.5 Å². The molecule has 3 aromatic carbocycles. The molecule has 0 aliphatic carbocycles. The van der Waals surface area contributed by atoms with Gasteiger partial charge in [0, 0.05) is 22.4 Å². The van der Waals surface area contributed by atoms with Gasteiger partial charge in [-0.3, -0.25) is 4.79 Å². The predicted molar refractivity (Wildman–Crippen MR) is 115 cm³/mol. The number of nitriles is 1. The highest BCUT2D eigenvalue weighted by molar-refractivity contribution is 7.98. The zero-order chi connectivity index (χ0) is 20.6. The van der Waals surface area contributed by atoms with Crippen LogP contribution in [0.4, 0.5) is 5.69 Å². The lowest BCUT2D eigenvalue weighted by Gasteiger charge is -2.12. The number of methoxy groups -OCH3 is 2. The van der Waals surface area contributed by atoms with E-state index in [0.717, 1.165) is 10.5 Å². The van der Waals surface area contributed by atoms with E-state index in [9.17, 15) is 4.79 Å². The maximum Gasteiger partial charge on any atom is 0.256 e. The molecule has 0 spiro atoms. The minimum absolute atomic E-state index is 0.194. The lowest BCUT2D eigenvalue weighted by molar-refractivity contribution is 0.102. The van der Waals surface area contributed by atoms with Crippen LogP contribution in [0.25, 0.3) is 0 Å². The highest BCUT2D eigenvalue weighted by Crippen LogP contribution is 2.31.